The SMILES string of the molecule is O=[N+]([O-])N1ON([N+](=O)[O-])C2=C1NCCN2. The predicted octanol–water partition coefficient (Wildman–Crippen LogP) is -1.85. The lowest BCUT2D eigenvalue weighted by Crippen LogP contribution is -2.41. The van der Waals surface area contributed by atoms with E-state index in [4.69, 9.17) is 0 Å². The maximum atomic E-state index is 10.5. The molecule has 0 atom stereocenters. The lowest BCUT2D eigenvalue weighted by atomic mass is 10.4. The Hall–Kier alpha value is -2.30. The van der Waals surface area contributed by atoms with Gasteiger partial charge in [-0.15, -0.1) is 0 Å². The first-order valence-corrected chi connectivity index (χ1v) is 3.90. The number of nitrogens with zero attached hydrogens (tertiary/aromatic N) is 4. The molecule has 0 saturated heterocycles. The van der Waals surface area contributed by atoms with E-state index in [0.717, 1.165) is 0 Å². The third-order valence-corrected chi connectivity index (χ3v) is 1.77. The van der Waals surface area contributed by atoms with E-state index in [9.17, 15) is 20.2 Å². The molecule has 0 aromatic heterocycles. The summed E-state index contributed by atoms with van der Waals surface area (Å²) in [6.45, 7) is 0.830. The molecule has 2 aliphatic heterocycles. The lowest BCUT2D eigenvalue weighted by Gasteiger charge is -2.14. The molecule has 0 fully saturated rings. The molecule has 0 aromatic carbocycles. The Morgan fingerprint density at radius 3 is 1.80 bits per heavy atom. The summed E-state index contributed by atoms with van der Waals surface area (Å²) in [5.41, 5.74) is 0. The van der Waals surface area contributed by atoms with E-state index in [1.54, 1.807) is 0 Å². The number of nitro groups is 2. The zero-order chi connectivity index (χ0) is 11.0. The fourth-order valence-electron chi connectivity index (χ4n) is 1.22. The van der Waals surface area contributed by atoms with Gasteiger partial charge in [-0.05, 0) is 4.94 Å². The highest BCUT2D eigenvalue weighted by atomic mass is 17.0. The second-order valence-electron chi connectivity index (χ2n) is 2.65. The average Bonchev–Trinajstić information content (AvgIpc) is 2.56. The van der Waals surface area contributed by atoms with E-state index in [2.05, 4.69) is 15.6 Å². The van der Waals surface area contributed by atoms with E-state index >= 15 is 0 Å². The zero-order valence-electron chi connectivity index (χ0n) is 7.24. The minimum Gasteiger partial charge on any atom is -0.360 e. The van der Waals surface area contributed by atoms with E-state index in [1.165, 1.54) is 0 Å². The maximum Gasteiger partial charge on any atom is 0.253 e. The summed E-state index contributed by atoms with van der Waals surface area (Å²) in [6, 6.07) is 0. The third-order valence-electron chi connectivity index (χ3n) is 1.77. The van der Waals surface area contributed by atoms with Crippen LogP contribution in [0.3, 0.4) is 0 Å². The van der Waals surface area contributed by atoms with Crippen LogP contribution in [0.15, 0.2) is 11.6 Å². The van der Waals surface area contributed by atoms with Gasteiger partial charge in [-0.1, -0.05) is 0 Å². The highest BCUT2D eigenvalue weighted by Crippen LogP contribution is 2.22. The van der Waals surface area contributed by atoms with Crippen molar-refractivity contribution in [3.05, 3.63) is 31.9 Å². The first-order valence-electron chi connectivity index (χ1n) is 3.90. The van der Waals surface area contributed by atoms with Crippen molar-refractivity contribution >= 4 is 0 Å². The number of hydrogen-bond donors (Lipinski definition) is 2. The highest BCUT2D eigenvalue weighted by molar-refractivity contribution is 5.09. The van der Waals surface area contributed by atoms with Crippen molar-refractivity contribution in [3.63, 3.8) is 0 Å². The molecule has 15 heavy (non-hydrogen) atoms. The minimum atomic E-state index is -0.904. The summed E-state index contributed by atoms with van der Waals surface area (Å²) in [6.07, 6.45) is 0. The predicted molar refractivity (Wildman–Crippen MR) is 41.8 cm³/mol. The minimum absolute atomic E-state index is 0.0806. The topological polar surface area (TPSA) is 126 Å². The first kappa shape index (κ1) is 9.26. The lowest BCUT2D eigenvalue weighted by molar-refractivity contribution is -0.816. The van der Waals surface area contributed by atoms with Crippen molar-refractivity contribution in [3.8, 4) is 0 Å². The van der Waals surface area contributed by atoms with Crippen LogP contribution in [0.1, 0.15) is 0 Å². The van der Waals surface area contributed by atoms with E-state index in [1.807, 2.05) is 0 Å². The van der Waals surface area contributed by atoms with Crippen LogP contribution in [0, 0.1) is 20.2 Å². The van der Waals surface area contributed by atoms with Gasteiger partial charge in [0.15, 0.2) is 10.1 Å². The standard InChI is InChI=1S/C4H6N6O5/c11-9(12)7-3-4(6-2-1-5-3)8(15-7)10(13)14/h5-6H,1-2H2. The van der Waals surface area contributed by atoms with Gasteiger partial charge in [-0.25, -0.2) is 20.2 Å². The number of rotatable bonds is 2. The van der Waals surface area contributed by atoms with Gasteiger partial charge in [-0.2, -0.15) is 0 Å². The second kappa shape index (κ2) is 3.13. The van der Waals surface area contributed by atoms with Crippen LogP contribution in [-0.4, -0.2) is 33.5 Å². The molecule has 0 amide bonds. The third kappa shape index (κ3) is 1.34. The van der Waals surface area contributed by atoms with Crippen LogP contribution in [0.5, 0.6) is 0 Å². The summed E-state index contributed by atoms with van der Waals surface area (Å²) in [5, 5.41) is 24.8. The zero-order valence-corrected chi connectivity index (χ0v) is 7.24. The van der Waals surface area contributed by atoms with Gasteiger partial charge in [-0.3, -0.25) is 0 Å². The summed E-state index contributed by atoms with van der Waals surface area (Å²) < 4.78 is 0. The van der Waals surface area contributed by atoms with E-state index in [0.29, 0.717) is 13.1 Å². The molecule has 82 valence electrons. The number of hydroxylamine groups is 2. The molecular weight excluding hydrogens is 212 g/mol. The van der Waals surface area contributed by atoms with Gasteiger partial charge in [0.2, 0.25) is 0 Å². The molecule has 2 aliphatic rings. The molecular formula is C4H6N6O5. The molecule has 2 heterocycles. The van der Waals surface area contributed by atoms with Gasteiger partial charge in [0, 0.05) is 13.1 Å². The molecule has 2 N–H and O–H groups in total. The van der Waals surface area contributed by atoms with Crippen molar-refractivity contribution in [2.24, 2.45) is 0 Å². The number of nitrogens with one attached hydrogen (secondary N) is 2. The smallest absolute Gasteiger partial charge is 0.253 e. The van der Waals surface area contributed by atoms with E-state index in [-0.39, 0.29) is 22.0 Å². The van der Waals surface area contributed by atoms with Gasteiger partial charge >= 0.3 is 0 Å². The molecule has 11 nitrogen and oxygen atoms in total. The van der Waals surface area contributed by atoms with Gasteiger partial charge in [0.05, 0.1) is 10.3 Å². The van der Waals surface area contributed by atoms with Crippen LogP contribution >= 0.6 is 0 Å². The molecule has 0 aromatic rings. The van der Waals surface area contributed by atoms with Crippen LogP contribution in [0.25, 0.3) is 0 Å². The van der Waals surface area contributed by atoms with Crippen molar-refractivity contribution in [1.29, 1.82) is 0 Å². The molecule has 0 aliphatic carbocycles. The molecule has 0 bridgehead atoms. The normalized spacial score (nSPS) is 19.5. The van der Waals surface area contributed by atoms with Crippen molar-refractivity contribution in [1.82, 2.24) is 21.0 Å². The fraction of sp³-hybridized carbons (Fsp3) is 0.500. The highest BCUT2D eigenvalue weighted by Gasteiger charge is 2.47. The molecule has 0 saturated carbocycles. The van der Waals surface area contributed by atoms with Crippen LogP contribution < -0.4 is 10.6 Å². The Labute approximate surface area is 82.0 Å². The number of hydrogen-bond acceptors (Lipinski definition) is 7. The van der Waals surface area contributed by atoms with Crippen LogP contribution in [-0.2, 0) is 4.94 Å². The van der Waals surface area contributed by atoms with Gasteiger partial charge in [0.25, 0.3) is 11.6 Å². The second-order valence-corrected chi connectivity index (χ2v) is 2.65. The Morgan fingerprint density at radius 1 is 1.07 bits per heavy atom. The Bertz CT molecular complexity index is 321. The number of hydrazine groups is 2. The summed E-state index contributed by atoms with van der Waals surface area (Å²) in [4.78, 5) is 25.4. The molecule has 0 radical (unpaired) electrons. The quantitative estimate of drug-likeness (QED) is 0.405. The Kier molecular flexibility index (Phi) is 1.93. The van der Waals surface area contributed by atoms with Crippen molar-refractivity contribution in [2.75, 3.05) is 13.1 Å². The largest absolute Gasteiger partial charge is 0.360 e. The van der Waals surface area contributed by atoms with Gasteiger partial charge in [0.1, 0.15) is 0 Å². The van der Waals surface area contributed by atoms with Crippen LogP contribution in [0.2, 0.25) is 0 Å². The summed E-state index contributed by atoms with van der Waals surface area (Å²) in [5.74, 6) is -0.161. The van der Waals surface area contributed by atoms with E-state index < -0.39 is 10.1 Å². The average molecular weight is 218 g/mol. The van der Waals surface area contributed by atoms with Crippen molar-refractivity contribution < 1.29 is 15.0 Å². The van der Waals surface area contributed by atoms with Crippen molar-refractivity contribution in [2.45, 2.75) is 0 Å². The maximum absolute atomic E-state index is 10.5. The molecule has 2 rings (SSSR count). The summed E-state index contributed by atoms with van der Waals surface area (Å²) in [7, 11) is 0. The Morgan fingerprint density at radius 2 is 1.47 bits per heavy atom. The fourth-order valence-corrected chi connectivity index (χ4v) is 1.22. The van der Waals surface area contributed by atoms with Crippen LogP contribution in [0.4, 0.5) is 0 Å². The molecule has 0 spiro atoms. The Balaban J connectivity index is 2.32. The monoisotopic (exact) mass is 218 g/mol. The first-order chi connectivity index (χ1) is 7.11. The molecule has 0 unspecified atom stereocenters. The van der Waals surface area contributed by atoms with Gasteiger partial charge < -0.3 is 10.6 Å². The molecule has 11 heteroatoms. The summed E-state index contributed by atoms with van der Waals surface area (Å²) >= 11 is 0.